The number of benzene rings is 2. The van der Waals surface area contributed by atoms with Crippen LogP contribution in [0.3, 0.4) is 0 Å². The number of fused-ring (bicyclic) bond motifs is 2. The molecule has 0 aliphatic carbocycles. The maximum Gasteiger partial charge on any atom is 0.220 e. The Kier molecular flexibility index (Phi) is 8.35. The highest BCUT2D eigenvalue weighted by molar-refractivity contribution is 5.84. The van der Waals surface area contributed by atoms with Gasteiger partial charge in [0.15, 0.2) is 0 Å². The van der Waals surface area contributed by atoms with Gasteiger partial charge in [-0.15, -0.1) is 0 Å². The van der Waals surface area contributed by atoms with Gasteiger partial charge in [-0.3, -0.25) is 9.59 Å². The molecule has 0 atom stereocenters. The second-order valence-corrected chi connectivity index (χ2v) is 8.52. The van der Waals surface area contributed by atoms with E-state index >= 15 is 0 Å². The standard InChI is InChI=1S/C27H33N5O2/c33-26(11-5-6-20-18-31-24-9-3-1-7-22(20)24)29-16-14-28-15-17-30-27(34)13-12-21-19-32-25-10-4-2-8-23(21)25/h1-4,7-10,18-19,28,31-32H,5-6,11-17H2,(H,29,33)(H,30,34). The highest BCUT2D eigenvalue weighted by atomic mass is 16.2. The van der Waals surface area contributed by atoms with Gasteiger partial charge in [0.2, 0.25) is 11.8 Å². The second-order valence-electron chi connectivity index (χ2n) is 8.52. The van der Waals surface area contributed by atoms with Gasteiger partial charge in [0.25, 0.3) is 0 Å². The van der Waals surface area contributed by atoms with Crippen molar-refractivity contribution in [3.8, 4) is 0 Å². The molecule has 7 nitrogen and oxygen atoms in total. The molecule has 4 aromatic rings. The maximum absolute atomic E-state index is 12.1. The molecule has 178 valence electrons. The van der Waals surface area contributed by atoms with Crippen molar-refractivity contribution < 1.29 is 9.59 Å². The molecule has 0 bridgehead atoms. The Labute approximate surface area is 199 Å². The van der Waals surface area contributed by atoms with E-state index in [1.54, 1.807) is 0 Å². The molecule has 0 saturated heterocycles. The third-order valence-corrected chi connectivity index (χ3v) is 6.07. The fraction of sp³-hybridized carbons (Fsp3) is 0.333. The van der Waals surface area contributed by atoms with Gasteiger partial charge in [-0.25, -0.2) is 0 Å². The summed E-state index contributed by atoms with van der Waals surface area (Å²) in [5.74, 6) is 0.128. The van der Waals surface area contributed by atoms with Crippen LogP contribution in [0.15, 0.2) is 60.9 Å². The van der Waals surface area contributed by atoms with Crippen molar-refractivity contribution in [3.05, 3.63) is 72.1 Å². The molecule has 5 N–H and O–H groups in total. The van der Waals surface area contributed by atoms with Crippen molar-refractivity contribution in [1.82, 2.24) is 25.9 Å². The Balaban J connectivity index is 1.01. The predicted molar refractivity (Wildman–Crippen MR) is 137 cm³/mol. The molecule has 34 heavy (non-hydrogen) atoms. The van der Waals surface area contributed by atoms with Crippen molar-refractivity contribution in [2.75, 3.05) is 26.2 Å². The summed E-state index contributed by atoms with van der Waals surface area (Å²) in [6.45, 7) is 2.51. The summed E-state index contributed by atoms with van der Waals surface area (Å²) >= 11 is 0. The molecule has 0 radical (unpaired) electrons. The van der Waals surface area contributed by atoms with Crippen LogP contribution in [0, 0.1) is 0 Å². The van der Waals surface area contributed by atoms with E-state index in [0.717, 1.165) is 30.3 Å². The number of carbonyl (C=O) groups excluding carboxylic acids is 2. The lowest BCUT2D eigenvalue weighted by Gasteiger charge is -2.08. The van der Waals surface area contributed by atoms with Gasteiger partial charge >= 0.3 is 0 Å². The largest absolute Gasteiger partial charge is 0.361 e. The number of H-pyrrole nitrogens is 2. The van der Waals surface area contributed by atoms with Crippen LogP contribution in [0.5, 0.6) is 0 Å². The fourth-order valence-electron chi connectivity index (χ4n) is 4.25. The average molecular weight is 460 g/mol. The molecule has 2 aromatic heterocycles. The van der Waals surface area contributed by atoms with E-state index in [1.807, 2.05) is 42.7 Å². The summed E-state index contributed by atoms with van der Waals surface area (Å²) < 4.78 is 0. The molecule has 4 rings (SSSR count). The van der Waals surface area contributed by atoms with Gasteiger partial charge in [-0.2, -0.15) is 0 Å². The summed E-state index contributed by atoms with van der Waals surface area (Å²) in [6, 6.07) is 16.4. The molecule has 2 amide bonds. The van der Waals surface area contributed by atoms with Crippen LogP contribution in [0.1, 0.15) is 30.4 Å². The summed E-state index contributed by atoms with van der Waals surface area (Å²) in [6.07, 6.45) is 7.43. The summed E-state index contributed by atoms with van der Waals surface area (Å²) in [5, 5.41) is 11.6. The van der Waals surface area contributed by atoms with E-state index in [4.69, 9.17) is 0 Å². The van der Waals surface area contributed by atoms with E-state index < -0.39 is 0 Å². The minimum absolute atomic E-state index is 0.0515. The van der Waals surface area contributed by atoms with Crippen LogP contribution in [0.4, 0.5) is 0 Å². The van der Waals surface area contributed by atoms with E-state index in [2.05, 4.69) is 44.1 Å². The highest BCUT2D eigenvalue weighted by Crippen LogP contribution is 2.20. The van der Waals surface area contributed by atoms with Crippen molar-refractivity contribution in [1.29, 1.82) is 0 Å². The number of aryl methyl sites for hydroxylation is 2. The SMILES string of the molecule is O=C(CCCc1c[nH]c2ccccc12)NCCNCCNC(=O)CCc1c[nH]c2ccccc12. The third kappa shape index (κ3) is 6.48. The molecule has 0 fully saturated rings. The van der Waals surface area contributed by atoms with Crippen LogP contribution >= 0.6 is 0 Å². The van der Waals surface area contributed by atoms with Crippen LogP contribution in [-0.4, -0.2) is 48.0 Å². The Morgan fingerprint density at radius 1 is 0.647 bits per heavy atom. The number of para-hydroxylation sites is 2. The quantitative estimate of drug-likeness (QED) is 0.198. The smallest absolute Gasteiger partial charge is 0.220 e. The van der Waals surface area contributed by atoms with Crippen molar-refractivity contribution in [2.24, 2.45) is 0 Å². The number of aromatic amines is 2. The molecular formula is C27H33N5O2. The summed E-state index contributed by atoms with van der Waals surface area (Å²) in [4.78, 5) is 30.7. The van der Waals surface area contributed by atoms with E-state index in [-0.39, 0.29) is 11.8 Å². The number of rotatable bonds is 13. The van der Waals surface area contributed by atoms with E-state index in [9.17, 15) is 9.59 Å². The zero-order valence-electron chi connectivity index (χ0n) is 19.5. The second kappa shape index (κ2) is 12.0. The number of amides is 2. The van der Waals surface area contributed by atoms with E-state index in [0.29, 0.717) is 39.0 Å². The Morgan fingerprint density at radius 2 is 1.18 bits per heavy atom. The van der Waals surface area contributed by atoms with Crippen molar-refractivity contribution in [3.63, 3.8) is 0 Å². The lowest BCUT2D eigenvalue weighted by Crippen LogP contribution is -2.36. The van der Waals surface area contributed by atoms with Crippen LogP contribution in [0.25, 0.3) is 21.8 Å². The van der Waals surface area contributed by atoms with Gasteiger partial charge in [0, 0.05) is 73.2 Å². The Morgan fingerprint density at radius 3 is 1.79 bits per heavy atom. The van der Waals surface area contributed by atoms with Crippen molar-refractivity contribution >= 4 is 33.6 Å². The minimum atomic E-state index is 0.0515. The third-order valence-electron chi connectivity index (χ3n) is 6.07. The summed E-state index contributed by atoms with van der Waals surface area (Å²) in [7, 11) is 0. The number of hydrogen-bond acceptors (Lipinski definition) is 3. The van der Waals surface area contributed by atoms with Gasteiger partial charge in [-0.1, -0.05) is 36.4 Å². The Hall–Kier alpha value is -3.58. The number of aromatic nitrogens is 2. The molecule has 0 unspecified atom stereocenters. The van der Waals surface area contributed by atoms with Crippen LogP contribution in [0.2, 0.25) is 0 Å². The van der Waals surface area contributed by atoms with Gasteiger partial charge in [0.1, 0.15) is 0 Å². The first-order valence-electron chi connectivity index (χ1n) is 12.0. The highest BCUT2D eigenvalue weighted by Gasteiger charge is 2.07. The molecule has 0 aliphatic heterocycles. The molecule has 2 heterocycles. The van der Waals surface area contributed by atoms with Crippen LogP contribution < -0.4 is 16.0 Å². The monoisotopic (exact) mass is 459 g/mol. The number of nitrogens with one attached hydrogen (secondary N) is 5. The minimum Gasteiger partial charge on any atom is -0.361 e. The lowest BCUT2D eigenvalue weighted by molar-refractivity contribution is -0.121. The topological polar surface area (TPSA) is 102 Å². The molecule has 0 spiro atoms. The van der Waals surface area contributed by atoms with Crippen molar-refractivity contribution in [2.45, 2.75) is 32.1 Å². The molecule has 0 aliphatic rings. The summed E-state index contributed by atoms with van der Waals surface area (Å²) in [5.41, 5.74) is 4.66. The average Bonchev–Trinajstić information content (AvgIpc) is 3.46. The number of carbonyl (C=O) groups is 2. The lowest BCUT2D eigenvalue weighted by atomic mass is 10.1. The zero-order chi connectivity index (χ0) is 23.6. The van der Waals surface area contributed by atoms with Gasteiger partial charge < -0.3 is 25.9 Å². The molecule has 7 heteroatoms. The first-order chi connectivity index (χ1) is 16.7. The number of hydrogen-bond donors (Lipinski definition) is 5. The zero-order valence-corrected chi connectivity index (χ0v) is 19.5. The maximum atomic E-state index is 12.1. The van der Waals surface area contributed by atoms with Gasteiger partial charge in [0.05, 0.1) is 0 Å². The fourth-order valence-corrected chi connectivity index (χ4v) is 4.25. The first-order valence-corrected chi connectivity index (χ1v) is 12.0. The van der Waals surface area contributed by atoms with Crippen LogP contribution in [-0.2, 0) is 22.4 Å². The molecule has 0 saturated carbocycles. The van der Waals surface area contributed by atoms with Gasteiger partial charge in [-0.05, 0) is 42.5 Å². The normalized spacial score (nSPS) is 11.2. The molecular weight excluding hydrogens is 426 g/mol. The Bertz CT molecular complexity index is 1230. The van der Waals surface area contributed by atoms with E-state index in [1.165, 1.54) is 21.9 Å². The molecule has 2 aromatic carbocycles. The predicted octanol–water partition coefficient (Wildman–Crippen LogP) is 3.43. The first kappa shape index (κ1) is 23.6.